The van der Waals surface area contributed by atoms with Crippen LogP contribution < -0.4 is 0 Å². The van der Waals surface area contributed by atoms with Crippen LogP contribution in [0.5, 0.6) is 0 Å². The maximum absolute atomic E-state index is 12.3. The van der Waals surface area contributed by atoms with E-state index in [1.807, 2.05) is 0 Å². The first-order chi connectivity index (χ1) is 20.6. The Morgan fingerprint density at radius 1 is 0.689 bits per heavy atom. The summed E-state index contributed by atoms with van der Waals surface area (Å²) < 4.78 is 75.5. The van der Waals surface area contributed by atoms with Crippen molar-refractivity contribution in [3.8, 4) is 0 Å². The molecule has 0 bridgehead atoms. The van der Waals surface area contributed by atoms with Gasteiger partial charge in [0.25, 0.3) is 0 Å². The average molecular weight is 659 g/mol. The van der Waals surface area contributed by atoms with Crippen LogP contribution in [-0.2, 0) is 23.6 Å². The van der Waals surface area contributed by atoms with E-state index >= 15 is 0 Å². The Kier molecular flexibility index (Phi) is 11.0. The van der Waals surface area contributed by atoms with Crippen molar-refractivity contribution in [1.29, 1.82) is 0 Å². The summed E-state index contributed by atoms with van der Waals surface area (Å²) in [5.74, 6) is 2.78. The standard InChI is InChI=1S/C20H35BO2.C15H23F3O3S/c1-18(2)13-11-16(12-14-18)15-7-9-17(10-8-15)21-22-19(3,4)20(5,6)23-21;1-14(2)9-7-12(8-10-14)11-3-5-13(6-4-11)21-22(19,20)15(16,17)18/h9,15-16H,7-8,10-14H2,1-6H3;5,11-12H,3-4,6-10H2,1-2H3. The van der Waals surface area contributed by atoms with Crippen molar-refractivity contribution in [3.05, 3.63) is 23.4 Å². The first-order valence-electron chi connectivity index (χ1n) is 17.3. The molecule has 0 aromatic rings. The van der Waals surface area contributed by atoms with Gasteiger partial charge in [-0.05, 0) is 157 Å². The van der Waals surface area contributed by atoms with Crippen LogP contribution in [-0.4, -0.2) is 32.2 Å². The number of alkyl halides is 3. The molecule has 2 atom stereocenters. The highest BCUT2D eigenvalue weighted by Gasteiger charge is 2.52. The third-order valence-electron chi connectivity index (χ3n) is 12.1. The first-order valence-corrected chi connectivity index (χ1v) is 18.7. The SMILES string of the molecule is CC1(C)CCC(C2CC=C(B3OC(C)(C)C(C)(C)O3)CC2)CC1.CC1(C)CCC(C2CC=C(OS(=O)(=O)C(F)(F)F)CC2)CC1. The maximum Gasteiger partial charge on any atom is 0.534 e. The molecular weight excluding hydrogens is 600 g/mol. The van der Waals surface area contributed by atoms with Crippen molar-refractivity contribution in [2.75, 3.05) is 0 Å². The summed E-state index contributed by atoms with van der Waals surface area (Å²) in [5.41, 5.74) is -3.45. The van der Waals surface area contributed by atoms with Gasteiger partial charge in [0.2, 0.25) is 0 Å². The van der Waals surface area contributed by atoms with Crippen molar-refractivity contribution in [3.63, 3.8) is 0 Å². The minimum atomic E-state index is -5.52. The van der Waals surface area contributed by atoms with Gasteiger partial charge in [-0.15, -0.1) is 0 Å². The van der Waals surface area contributed by atoms with Crippen LogP contribution in [0.1, 0.15) is 145 Å². The summed E-state index contributed by atoms with van der Waals surface area (Å²) in [5, 5.41) is 0. The van der Waals surface area contributed by atoms with E-state index in [0.29, 0.717) is 35.5 Å². The molecule has 2 unspecified atom stereocenters. The Morgan fingerprint density at radius 2 is 1.11 bits per heavy atom. The van der Waals surface area contributed by atoms with Gasteiger partial charge < -0.3 is 13.5 Å². The molecule has 1 saturated heterocycles. The lowest BCUT2D eigenvalue weighted by Crippen LogP contribution is -2.41. The van der Waals surface area contributed by atoms with Gasteiger partial charge in [0, 0.05) is 6.42 Å². The molecule has 10 heteroatoms. The Hall–Kier alpha value is -0.995. The minimum absolute atomic E-state index is 0.0651. The van der Waals surface area contributed by atoms with E-state index in [0.717, 1.165) is 31.1 Å². The molecule has 3 fully saturated rings. The Balaban J connectivity index is 0.000000205. The lowest BCUT2D eigenvalue weighted by molar-refractivity contribution is -0.0525. The van der Waals surface area contributed by atoms with Gasteiger partial charge in [-0.3, -0.25) is 0 Å². The van der Waals surface area contributed by atoms with Crippen molar-refractivity contribution in [2.24, 2.45) is 34.5 Å². The smallest absolute Gasteiger partial charge is 0.400 e. The summed E-state index contributed by atoms with van der Waals surface area (Å²) in [6.07, 6.45) is 19.5. The molecule has 5 aliphatic rings. The van der Waals surface area contributed by atoms with E-state index in [2.05, 4.69) is 65.6 Å². The summed E-state index contributed by atoms with van der Waals surface area (Å²) in [6, 6.07) is 0. The van der Waals surface area contributed by atoms with Crippen molar-refractivity contribution < 1.29 is 35.1 Å². The fourth-order valence-corrected chi connectivity index (χ4v) is 8.35. The summed E-state index contributed by atoms with van der Waals surface area (Å²) in [7, 11) is -5.64. The van der Waals surface area contributed by atoms with Crippen LogP contribution in [0.15, 0.2) is 23.4 Å². The van der Waals surface area contributed by atoms with Gasteiger partial charge >= 0.3 is 22.7 Å². The largest absolute Gasteiger partial charge is 0.534 e. The second-order valence-corrected chi connectivity index (χ2v) is 18.6. The van der Waals surface area contributed by atoms with E-state index in [1.54, 1.807) is 0 Å². The molecule has 1 aliphatic heterocycles. The molecule has 5 rings (SSSR count). The van der Waals surface area contributed by atoms with Crippen LogP contribution in [0.4, 0.5) is 13.2 Å². The number of halogens is 3. The second-order valence-electron chi connectivity index (χ2n) is 17.1. The van der Waals surface area contributed by atoms with E-state index in [9.17, 15) is 21.6 Å². The normalized spacial score (nSPS) is 30.5. The second kappa shape index (κ2) is 13.5. The lowest BCUT2D eigenvalue weighted by atomic mass is 9.64. The van der Waals surface area contributed by atoms with Crippen LogP contribution in [0.2, 0.25) is 0 Å². The van der Waals surface area contributed by atoms with Crippen LogP contribution in [0.3, 0.4) is 0 Å². The average Bonchev–Trinajstić information content (AvgIpc) is 3.15. The molecule has 4 aliphatic carbocycles. The fraction of sp³-hybridized carbons (Fsp3) is 0.886. The molecule has 0 spiro atoms. The molecular formula is C35H58BF3O5S. The molecule has 258 valence electrons. The van der Waals surface area contributed by atoms with E-state index in [1.165, 1.54) is 62.9 Å². The molecule has 45 heavy (non-hydrogen) atoms. The van der Waals surface area contributed by atoms with Crippen LogP contribution >= 0.6 is 0 Å². The zero-order chi connectivity index (χ0) is 33.5. The minimum Gasteiger partial charge on any atom is -0.400 e. The van der Waals surface area contributed by atoms with Crippen molar-refractivity contribution in [2.45, 2.75) is 162 Å². The maximum atomic E-state index is 12.3. The first kappa shape index (κ1) is 36.8. The third kappa shape index (κ3) is 9.34. The number of hydrogen-bond donors (Lipinski definition) is 0. The summed E-state index contributed by atoms with van der Waals surface area (Å²) in [6.45, 7) is 18.0. The van der Waals surface area contributed by atoms with E-state index in [4.69, 9.17) is 9.31 Å². The number of hydrogen-bond acceptors (Lipinski definition) is 5. The zero-order valence-corrected chi connectivity index (χ0v) is 29.8. The van der Waals surface area contributed by atoms with Gasteiger partial charge in [0.15, 0.2) is 0 Å². The molecule has 0 amide bonds. The molecule has 0 N–H and O–H groups in total. The molecule has 0 radical (unpaired) electrons. The predicted octanol–water partition coefficient (Wildman–Crippen LogP) is 10.3. The highest BCUT2D eigenvalue weighted by Crippen LogP contribution is 2.47. The fourth-order valence-electron chi connectivity index (χ4n) is 7.82. The lowest BCUT2D eigenvalue weighted by Gasteiger charge is -2.39. The van der Waals surface area contributed by atoms with Crippen molar-refractivity contribution in [1.82, 2.24) is 0 Å². The molecule has 1 heterocycles. The monoisotopic (exact) mass is 658 g/mol. The molecule has 0 aromatic heterocycles. The Bertz CT molecular complexity index is 1170. The van der Waals surface area contributed by atoms with Gasteiger partial charge in [0.05, 0.1) is 11.2 Å². The highest BCUT2D eigenvalue weighted by atomic mass is 32.2. The predicted molar refractivity (Wildman–Crippen MR) is 174 cm³/mol. The van der Waals surface area contributed by atoms with Crippen LogP contribution in [0.25, 0.3) is 0 Å². The quantitative estimate of drug-likeness (QED) is 0.167. The van der Waals surface area contributed by atoms with E-state index < -0.39 is 15.6 Å². The molecule has 2 saturated carbocycles. The van der Waals surface area contributed by atoms with Crippen LogP contribution in [0, 0.1) is 34.5 Å². The highest BCUT2D eigenvalue weighted by molar-refractivity contribution is 7.87. The number of rotatable bonds is 5. The van der Waals surface area contributed by atoms with Gasteiger partial charge in [-0.1, -0.05) is 33.8 Å². The van der Waals surface area contributed by atoms with Crippen molar-refractivity contribution >= 4 is 17.2 Å². The van der Waals surface area contributed by atoms with Gasteiger partial charge in [-0.25, -0.2) is 0 Å². The van der Waals surface area contributed by atoms with Gasteiger partial charge in [-0.2, -0.15) is 21.6 Å². The third-order valence-corrected chi connectivity index (χ3v) is 13.1. The van der Waals surface area contributed by atoms with Gasteiger partial charge in [0.1, 0.15) is 5.76 Å². The number of allylic oxidation sites excluding steroid dienone is 4. The summed E-state index contributed by atoms with van der Waals surface area (Å²) >= 11 is 0. The topological polar surface area (TPSA) is 61.8 Å². The molecule has 5 nitrogen and oxygen atoms in total. The molecule has 0 aromatic carbocycles. The van der Waals surface area contributed by atoms with E-state index in [-0.39, 0.29) is 30.5 Å². The Labute approximate surface area is 271 Å². The zero-order valence-electron chi connectivity index (χ0n) is 29.0. The Morgan fingerprint density at radius 3 is 1.47 bits per heavy atom. The summed E-state index contributed by atoms with van der Waals surface area (Å²) in [4.78, 5) is 0.